The van der Waals surface area contributed by atoms with Gasteiger partial charge in [0.25, 0.3) is 5.69 Å². The number of non-ortho nitro benzene ring substituents is 1. The molecule has 1 aliphatic rings. The van der Waals surface area contributed by atoms with Gasteiger partial charge in [-0.1, -0.05) is 18.2 Å². The Balaban J connectivity index is 1.88. The molecule has 0 aromatic heterocycles. The number of nitro benzene ring substituents is 1. The summed E-state index contributed by atoms with van der Waals surface area (Å²) in [5, 5.41) is 14.1. The van der Waals surface area contributed by atoms with Crippen molar-refractivity contribution < 1.29 is 9.66 Å². The van der Waals surface area contributed by atoms with Crippen molar-refractivity contribution in [1.82, 2.24) is 0 Å². The predicted octanol–water partition coefficient (Wildman–Crippen LogP) is 2.72. The summed E-state index contributed by atoms with van der Waals surface area (Å²) in [5.74, 6) is 0.836. The molecule has 0 amide bonds. The summed E-state index contributed by atoms with van der Waals surface area (Å²) < 4.78 is 5.56. The molecule has 2 aromatic rings. The Kier molecular flexibility index (Phi) is 2.90. The number of hydrogen-bond donors (Lipinski definition) is 2. The number of anilines is 2. The summed E-state index contributed by atoms with van der Waals surface area (Å²) >= 11 is 0. The van der Waals surface area contributed by atoms with Gasteiger partial charge in [-0.05, 0) is 12.1 Å². The lowest BCUT2D eigenvalue weighted by molar-refractivity contribution is -0.384. The van der Waals surface area contributed by atoms with Crippen LogP contribution in [0.4, 0.5) is 17.1 Å². The van der Waals surface area contributed by atoms with Crippen LogP contribution in [0.3, 0.4) is 0 Å². The van der Waals surface area contributed by atoms with Crippen LogP contribution in [0.5, 0.6) is 5.75 Å². The second-order valence-corrected chi connectivity index (χ2v) is 4.62. The van der Waals surface area contributed by atoms with E-state index >= 15 is 0 Å². The Morgan fingerprint density at radius 3 is 2.90 bits per heavy atom. The third-order valence-corrected chi connectivity index (χ3v) is 3.19. The van der Waals surface area contributed by atoms with Crippen LogP contribution in [0.1, 0.15) is 11.6 Å². The smallest absolute Gasteiger partial charge is 0.273 e. The summed E-state index contributed by atoms with van der Waals surface area (Å²) in [6, 6.07) is 12.2. The first-order valence-corrected chi connectivity index (χ1v) is 6.17. The summed E-state index contributed by atoms with van der Waals surface area (Å²) in [7, 11) is 0. The number of nitrogen functional groups attached to an aromatic ring is 1. The number of benzene rings is 2. The number of nitro groups is 1. The van der Waals surface area contributed by atoms with Crippen molar-refractivity contribution in [2.45, 2.75) is 6.04 Å². The molecule has 102 valence electrons. The Hall–Kier alpha value is -2.76. The van der Waals surface area contributed by atoms with E-state index in [1.165, 1.54) is 12.1 Å². The molecule has 0 fully saturated rings. The fraction of sp³-hybridized carbons (Fsp3) is 0.143. The van der Waals surface area contributed by atoms with Crippen LogP contribution in [0.15, 0.2) is 42.5 Å². The van der Waals surface area contributed by atoms with Crippen LogP contribution in [-0.4, -0.2) is 11.5 Å². The fourth-order valence-electron chi connectivity index (χ4n) is 2.31. The van der Waals surface area contributed by atoms with Crippen LogP contribution < -0.4 is 15.8 Å². The SMILES string of the molecule is Nc1cc(NC2COc3ccccc32)cc([N+](=O)[O-])c1. The third-order valence-electron chi connectivity index (χ3n) is 3.19. The fourth-order valence-corrected chi connectivity index (χ4v) is 2.31. The molecule has 0 saturated carbocycles. The van der Waals surface area contributed by atoms with Crippen LogP contribution in [0.2, 0.25) is 0 Å². The molecule has 6 heteroatoms. The molecule has 1 atom stereocenters. The van der Waals surface area contributed by atoms with Crippen LogP contribution in [0.25, 0.3) is 0 Å². The molecular weight excluding hydrogens is 258 g/mol. The van der Waals surface area contributed by atoms with Crippen molar-refractivity contribution in [3.05, 3.63) is 58.1 Å². The number of rotatable bonds is 3. The van der Waals surface area contributed by atoms with E-state index in [0.717, 1.165) is 11.3 Å². The van der Waals surface area contributed by atoms with Gasteiger partial charge in [0.15, 0.2) is 0 Å². The molecule has 3 N–H and O–H groups in total. The van der Waals surface area contributed by atoms with Gasteiger partial charge in [-0.2, -0.15) is 0 Å². The molecular formula is C14H13N3O3. The summed E-state index contributed by atoms with van der Waals surface area (Å²) in [5.41, 5.74) is 7.67. The van der Waals surface area contributed by atoms with Crippen LogP contribution in [-0.2, 0) is 0 Å². The highest BCUT2D eigenvalue weighted by Gasteiger charge is 2.23. The van der Waals surface area contributed by atoms with Crippen molar-refractivity contribution in [2.24, 2.45) is 0 Å². The zero-order valence-electron chi connectivity index (χ0n) is 10.6. The number of ether oxygens (including phenoxy) is 1. The van der Waals surface area contributed by atoms with Gasteiger partial charge in [0, 0.05) is 29.1 Å². The van der Waals surface area contributed by atoms with Gasteiger partial charge in [-0.25, -0.2) is 0 Å². The van der Waals surface area contributed by atoms with Crippen molar-refractivity contribution in [2.75, 3.05) is 17.7 Å². The van der Waals surface area contributed by atoms with Crippen molar-refractivity contribution in [3.8, 4) is 5.75 Å². The molecule has 3 rings (SSSR count). The Bertz CT molecular complexity index is 672. The van der Waals surface area contributed by atoms with E-state index in [-0.39, 0.29) is 11.7 Å². The number of nitrogens with zero attached hydrogens (tertiary/aromatic N) is 1. The van der Waals surface area contributed by atoms with Crippen molar-refractivity contribution in [3.63, 3.8) is 0 Å². The monoisotopic (exact) mass is 271 g/mol. The molecule has 2 aromatic carbocycles. The molecule has 0 bridgehead atoms. The molecule has 1 aliphatic heterocycles. The van der Waals surface area contributed by atoms with Crippen LogP contribution >= 0.6 is 0 Å². The molecule has 0 spiro atoms. The van der Waals surface area contributed by atoms with E-state index in [0.29, 0.717) is 18.0 Å². The maximum Gasteiger partial charge on any atom is 0.273 e. The minimum Gasteiger partial charge on any atom is -0.491 e. The van der Waals surface area contributed by atoms with Gasteiger partial charge in [-0.3, -0.25) is 10.1 Å². The first-order chi connectivity index (χ1) is 9.63. The third kappa shape index (κ3) is 2.23. The standard InChI is InChI=1S/C14H13N3O3/c15-9-5-10(7-11(6-9)17(18)19)16-13-8-20-14-4-2-1-3-12(13)14/h1-7,13,16H,8,15H2. The zero-order valence-corrected chi connectivity index (χ0v) is 10.6. The van der Waals surface area contributed by atoms with Crippen LogP contribution in [0, 0.1) is 10.1 Å². The predicted molar refractivity (Wildman–Crippen MR) is 75.8 cm³/mol. The maximum atomic E-state index is 10.8. The maximum absolute atomic E-state index is 10.8. The second-order valence-electron chi connectivity index (χ2n) is 4.62. The minimum absolute atomic E-state index is 0.0281. The van der Waals surface area contributed by atoms with E-state index in [4.69, 9.17) is 10.5 Å². The summed E-state index contributed by atoms with van der Waals surface area (Å²) in [4.78, 5) is 10.4. The number of para-hydroxylation sites is 1. The first kappa shape index (κ1) is 12.3. The molecule has 20 heavy (non-hydrogen) atoms. The number of nitrogens with one attached hydrogen (secondary N) is 1. The van der Waals surface area contributed by atoms with Gasteiger partial charge in [-0.15, -0.1) is 0 Å². The van der Waals surface area contributed by atoms with E-state index in [1.54, 1.807) is 6.07 Å². The topological polar surface area (TPSA) is 90.4 Å². The highest BCUT2D eigenvalue weighted by Crippen LogP contribution is 2.35. The Morgan fingerprint density at radius 1 is 1.30 bits per heavy atom. The average Bonchev–Trinajstić information content (AvgIpc) is 2.82. The molecule has 1 unspecified atom stereocenters. The van der Waals surface area contributed by atoms with Gasteiger partial charge < -0.3 is 15.8 Å². The summed E-state index contributed by atoms with van der Waals surface area (Å²) in [6.45, 7) is 0.488. The van der Waals surface area contributed by atoms with Gasteiger partial charge in [0.05, 0.1) is 11.0 Å². The molecule has 1 heterocycles. The quantitative estimate of drug-likeness (QED) is 0.509. The highest BCUT2D eigenvalue weighted by molar-refractivity contribution is 5.62. The molecule has 0 radical (unpaired) electrons. The van der Waals surface area contributed by atoms with E-state index in [2.05, 4.69) is 5.32 Å². The second kappa shape index (κ2) is 4.73. The number of nitrogens with two attached hydrogens (primary N) is 1. The Morgan fingerprint density at radius 2 is 2.10 bits per heavy atom. The lowest BCUT2D eigenvalue weighted by Gasteiger charge is -2.13. The number of fused-ring (bicyclic) bond motifs is 1. The molecule has 0 saturated heterocycles. The zero-order chi connectivity index (χ0) is 14.1. The average molecular weight is 271 g/mol. The summed E-state index contributed by atoms with van der Waals surface area (Å²) in [6.07, 6.45) is 0. The lowest BCUT2D eigenvalue weighted by Crippen LogP contribution is -2.12. The van der Waals surface area contributed by atoms with Gasteiger partial charge in [0.2, 0.25) is 0 Å². The van der Waals surface area contributed by atoms with E-state index in [9.17, 15) is 10.1 Å². The minimum atomic E-state index is -0.458. The normalized spacial score (nSPS) is 16.3. The van der Waals surface area contributed by atoms with E-state index < -0.39 is 4.92 Å². The molecule has 0 aliphatic carbocycles. The van der Waals surface area contributed by atoms with E-state index in [1.807, 2.05) is 24.3 Å². The Labute approximate surface area is 115 Å². The van der Waals surface area contributed by atoms with Crippen molar-refractivity contribution >= 4 is 17.1 Å². The first-order valence-electron chi connectivity index (χ1n) is 6.17. The van der Waals surface area contributed by atoms with Crippen molar-refractivity contribution in [1.29, 1.82) is 0 Å². The highest BCUT2D eigenvalue weighted by atomic mass is 16.6. The van der Waals surface area contributed by atoms with Gasteiger partial charge >= 0.3 is 0 Å². The number of hydrogen-bond acceptors (Lipinski definition) is 5. The largest absolute Gasteiger partial charge is 0.491 e. The molecule has 6 nitrogen and oxygen atoms in total. The van der Waals surface area contributed by atoms with Gasteiger partial charge in [0.1, 0.15) is 12.4 Å². The lowest BCUT2D eigenvalue weighted by atomic mass is 10.1.